The predicted octanol–water partition coefficient (Wildman–Crippen LogP) is 1.48. The highest BCUT2D eigenvalue weighted by Crippen LogP contribution is 2.22. The Morgan fingerprint density at radius 1 is 1.50 bits per heavy atom. The van der Waals surface area contributed by atoms with Gasteiger partial charge in [-0.05, 0) is 38.0 Å². The first-order valence-corrected chi connectivity index (χ1v) is 7.49. The Balaban J connectivity index is 1.69. The van der Waals surface area contributed by atoms with Gasteiger partial charge in [0.15, 0.2) is 0 Å². The summed E-state index contributed by atoms with van der Waals surface area (Å²) >= 11 is 1.97. The fourth-order valence-electron chi connectivity index (χ4n) is 2.51. The van der Waals surface area contributed by atoms with Gasteiger partial charge in [-0.25, -0.2) is 0 Å². The maximum absolute atomic E-state index is 12.0. The SMILES string of the molecule is CN(C(=O)CCC1CCCN1)C1CCSC1. The molecular formula is C12H22N2OS. The third-order valence-corrected chi connectivity index (χ3v) is 4.86. The summed E-state index contributed by atoms with van der Waals surface area (Å²) in [6.07, 6.45) is 5.43. The van der Waals surface area contributed by atoms with E-state index in [0.29, 0.717) is 18.0 Å². The van der Waals surface area contributed by atoms with Gasteiger partial charge in [0, 0.05) is 31.3 Å². The van der Waals surface area contributed by atoms with Crippen molar-refractivity contribution in [2.75, 3.05) is 25.1 Å². The van der Waals surface area contributed by atoms with Crippen LogP contribution < -0.4 is 5.32 Å². The summed E-state index contributed by atoms with van der Waals surface area (Å²) in [7, 11) is 1.97. The van der Waals surface area contributed by atoms with Crippen LogP contribution in [-0.2, 0) is 4.79 Å². The third-order valence-electron chi connectivity index (χ3n) is 3.72. The molecule has 4 heteroatoms. The third kappa shape index (κ3) is 3.14. The number of carbonyl (C=O) groups excluding carboxylic acids is 1. The highest BCUT2D eigenvalue weighted by atomic mass is 32.2. The molecule has 92 valence electrons. The normalized spacial score (nSPS) is 29.6. The molecule has 2 aliphatic rings. The van der Waals surface area contributed by atoms with Crippen LogP contribution in [0.4, 0.5) is 0 Å². The number of nitrogens with one attached hydrogen (secondary N) is 1. The zero-order chi connectivity index (χ0) is 11.4. The molecule has 2 heterocycles. The summed E-state index contributed by atoms with van der Waals surface area (Å²) in [6.45, 7) is 1.13. The second-order valence-corrected chi connectivity index (χ2v) is 6.00. The molecule has 2 aliphatic heterocycles. The lowest BCUT2D eigenvalue weighted by atomic mass is 10.1. The van der Waals surface area contributed by atoms with Crippen LogP contribution in [0.1, 0.15) is 32.1 Å². The smallest absolute Gasteiger partial charge is 0.222 e. The van der Waals surface area contributed by atoms with Gasteiger partial charge in [-0.15, -0.1) is 0 Å². The minimum Gasteiger partial charge on any atom is -0.342 e. The molecule has 0 aliphatic carbocycles. The van der Waals surface area contributed by atoms with Crippen molar-refractivity contribution in [3.63, 3.8) is 0 Å². The summed E-state index contributed by atoms with van der Waals surface area (Å²) in [5, 5.41) is 3.45. The zero-order valence-electron chi connectivity index (χ0n) is 10.1. The van der Waals surface area contributed by atoms with E-state index >= 15 is 0 Å². The maximum atomic E-state index is 12.0. The molecule has 0 aromatic rings. The Hall–Kier alpha value is -0.220. The van der Waals surface area contributed by atoms with E-state index in [0.717, 1.165) is 25.1 Å². The van der Waals surface area contributed by atoms with E-state index in [-0.39, 0.29) is 0 Å². The van der Waals surface area contributed by atoms with Crippen LogP contribution in [0.25, 0.3) is 0 Å². The number of hydrogen-bond acceptors (Lipinski definition) is 3. The van der Waals surface area contributed by atoms with Crippen molar-refractivity contribution in [3.8, 4) is 0 Å². The number of amides is 1. The molecular weight excluding hydrogens is 220 g/mol. The first kappa shape index (κ1) is 12.2. The van der Waals surface area contributed by atoms with Gasteiger partial charge < -0.3 is 10.2 Å². The number of carbonyl (C=O) groups is 1. The lowest BCUT2D eigenvalue weighted by Crippen LogP contribution is -2.37. The van der Waals surface area contributed by atoms with E-state index in [4.69, 9.17) is 0 Å². The summed E-state index contributed by atoms with van der Waals surface area (Å²) in [6, 6.07) is 1.09. The lowest BCUT2D eigenvalue weighted by Gasteiger charge is -2.24. The molecule has 0 spiro atoms. The van der Waals surface area contributed by atoms with Gasteiger partial charge in [-0.2, -0.15) is 11.8 Å². The molecule has 0 aromatic heterocycles. The van der Waals surface area contributed by atoms with E-state index in [2.05, 4.69) is 5.32 Å². The fourth-order valence-corrected chi connectivity index (χ4v) is 3.78. The number of hydrogen-bond donors (Lipinski definition) is 1. The van der Waals surface area contributed by atoms with Gasteiger partial charge >= 0.3 is 0 Å². The van der Waals surface area contributed by atoms with Gasteiger partial charge in [0.2, 0.25) is 5.91 Å². The van der Waals surface area contributed by atoms with Crippen LogP contribution in [0.5, 0.6) is 0 Å². The van der Waals surface area contributed by atoms with Crippen LogP contribution in [0.2, 0.25) is 0 Å². The average Bonchev–Trinajstić information content (AvgIpc) is 2.96. The summed E-state index contributed by atoms with van der Waals surface area (Å²) in [5.41, 5.74) is 0. The molecule has 0 saturated carbocycles. The molecule has 2 saturated heterocycles. The van der Waals surface area contributed by atoms with Gasteiger partial charge in [0.25, 0.3) is 0 Å². The molecule has 1 amide bonds. The average molecular weight is 242 g/mol. The largest absolute Gasteiger partial charge is 0.342 e. The minimum atomic E-state index is 0.334. The maximum Gasteiger partial charge on any atom is 0.222 e. The van der Waals surface area contributed by atoms with Gasteiger partial charge in [-0.3, -0.25) is 4.79 Å². The number of nitrogens with zero attached hydrogens (tertiary/aromatic N) is 1. The van der Waals surface area contributed by atoms with E-state index in [1.54, 1.807) is 0 Å². The minimum absolute atomic E-state index is 0.334. The molecule has 2 fully saturated rings. The number of rotatable bonds is 4. The molecule has 3 nitrogen and oxygen atoms in total. The fraction of sp³-hybridized carbons (Fsp3) is 0.917. The molecule has 2 rings (SSSR count). The molecule has 1 N–H and O–H groups in total. The van der Waals surface area contributed by atoms with E-state index in [1.807, 2.05) is 23.7 Å². The summed E-state index contributed by atoms with van der Waals surface area (Å²) in [4.78, 5) is 14.0. The molecule has 0 aromatic carbocycles. The van der Waals surface area contributed by atoms with Crippen molar-refractivity contribution < 1.29 is 4.79 Å². The number of thioether (sulfide) groups is 1. The van der Waals surface area contributed by atoms with Crippen molar-refractivity contribution in [3.05, 3.63) is 0 Å². The second kappa shape index (κ2) is 5.92. The Morgan fingerprint density at radius 2 is 2.38 bits per heavy atom. The summed E-state index contributed by atoms with van der Waals surface area (Å²) in [5.74, 6) is 2.68. The molecule has 2 atom stereocenters. The molecule has 2 unspecified atom stereocenters. The molecule has 16 heavy (non-hydrogen) atoms. The van der Waals surface area contributed by atoms with E-state index < -0.39 is 0 Å². The van der Waals surface area contributed by atoms with E-state index in [9.17, 15) is 4.79 Å². The first-order valence-electron chi connectivity index (χ1n) is 6.34. The highest BCUT2D eigenvalue weighted by molar-refractivity contribution is 7.99. The van der Waals surface area contributed by atoms with Crippen molar-refractivity contribution in [2.24, 2.45) is 0 Å². The summed E-state index contributed by atoms with van der Waals surface area (Å²) < 4.78 is 0. The zero-order valence-corrected chi connectivity index (χ0v) is 10.9. The molecule has 0 radical (unpaired) electrons. The van der Waals surface area contributed by atoms with E-state index in [1.165, 1.54) is 25.0 Å². The van der Waals surface area contributed by atoms with Crippen molar-refractivity contribution in [1.82, 2.24) is 10.2 Å². The van der Waals surface area contributed by atoms with Crippen molar-refractivity contribution in [2.45, 2.75) is 44.2 Å². The van der Waals surface area contributed by atoms with Gasteiger partial charge in [0.1, 0.15) is 0 Å². The van der Waals surface area contributed by atoms with Crippen LogP contribution in [-0.4, -0.2) is 48.0 Å². The second-order valence-electron chi connectivity index (χ2n) is 4.85. The van der Waals surface area contributed by atoms with Crippen molar-refractivity contribution >= 4 is 17.7 Å². The Bertz CT molecular complexity index is 235. The van der Waals surface area contributed by atoms with Crippen LogP contribution in [0.3, 0.4) is 0 Å². The highest BCUT2D eigenvalue weighted by Gasteiger charge is 2.24. The first-order chi connectivity index (χ1) is 7.77. The van der Waals surface area contributed by atoms with Gasteiger partial charge in [0.05, 0.1) is 0 Å². The van der Waals surface area contributed by atoms with Gasteiger partial charge in [-0.1, -0.05) is 0 Å². The van der Waals surface area contributed by atoms with Crippen LogP contribution in [0, 0.1) is 0 Å². The van der Waals surface area contributed by atoms with Crippen LogP contribution >= 0.6 is 11.8 Å². The topological polar surface area (TPSA) is 32.3 Å². The predicted molar refractivity (Wildman–Crippen MR) is 68.8 cm³/mol. The quantitative estimate of drug-likeness (QED) is 0.810. The van der Waals surface area contributed by atoms with Crippen LogP contribution in [0.15, 0.2) is 0 Å². The lowest BCUT2D eigenvalue weighted by molar-refractivity contribution is -0.131. The standard InChI is InChI=1S/C12H22N2OS/c1-14(11-6-8-16-9-11)12(15)5-4-10-3-2-7-13-10/h10-11,13H,2-9H2,1H3. The Morgan fingerprint density at radius 3 is 3.00 bits per heavy atom. The Labute approximate surface area is 102 Å². The monoisotopic (exact) mass is 242 g/mol. The Kier molecular flexibility index (Phi) is 4.53. The molecule has 0 bridgehead atoms. The van der Waals surface area contributed by atoms with Crippen molar-refractivity contribution in [1.29, 1.82) is 0 Å².